The standard InChI is InChI=1S/C28H33N5O3S/c1-20-17-33(18-21(2)36-20)32-14-12-31(13-15-32)26-10-11-29-28-27(26)24-16-22(8-9-25(24)30-28)19-37(34,35)23-6-4-3-5-7-23/h3-11,16,20-21H,12-15,17-19H2,1-2H3,(H,29,30)/t20-,21+. The second-order valence-corrected chi connectivity index (χ2v) is 12.2. The quantitative estimate of drug-likeness (QED) is 0.429. The van der Waals surface area contributed by atoms with Gasteiger partial charge in [-0.15, -0.1) is 0 Å². The molecule has 0 bridgehead atoms. The van der Waals surface area contributed by atoms with Crippen LogP contribution in [0.4, 0.5) is 5.69 Å². The summed E-state index contributed by atoms with van der Waals surface area (Å²) < 4.78 is 31.9. The van der Waals surface area contributed by atoms with E-state index >= 15 is 0 Å². The number of hydrogen-bond donors (Lipinski definition) is 1. The topological polar surface area (TPSA) is 81.8 Å². The van der Waals surface area contributed by atoms with Crippen LogP contribution in [0.2, 0.25) is 0 Å². The summed E-state index contributed by atoms with van der Waals surface area (Å²) in [6, 6.07) is 16.6. The Morgan fingerprint density at radius 1 is 0.946 bits per heavy atom. The Kier molecular flexibility index (Phi) is 6.40. The summed E-state index contributed by atoms with van der Waals surface area (Å²) in [5.41, 5.74) is 3.70. The summed E-state index contributed by atoms with van der Waals surface area (Å²) in [4.78, 5) is 10.8. The first kappa shape index (κ1) is 24.4. The van der Waals surface area contributed by atoms with Crippen molar-refractivity contribution in [2.45, 2.75) is 36.7 Å². The van der Waals surface area contributed by atoms with Crippen LogP contribution in [0.25, 0.3) is 21.9 Å². The molecule has 2 aliphatic heterocycles. The van der Waals surface area contributed by atoms with E-state index in [1.54, 1.807) is 24.3 Å². The third-order valence-corrected chi connectivity index (χ3v) is 9.10. The molecule has 4 heterocycles. The number of H-pyrrole nitrogens is 1. The molecule has 0 aliphatic carbocycles. The zero-order valence-corrected chi connectivity index (χ0v) is 22.1. The number of anilines is 1. The van der Waals surface area contributed by atoms with E-state index < -0.39 is 9.84 Å². The first-order valence-electron chi connectivity index (χ1n) is 12.9. The molecule has 9 heteroatoms. The van der Waals surface area contributed by atoms with Crippen LogP contribution in [0.1, 0.15) is 19.4 Å². The molecule has 0 radical (unpaired) electrons. The molecular formula is C28H33N5O3S. The van der Waals surface area contributed by atoms with Gasteiger partial charge in [0.2, 0.25) is 0 Å². The van der Waals surface area contributed by atoms with Gasteiger partial charge >= 0.3 is 0 Å². The number of hydrogen-bond acceptors (Lipinski definition) is 7. The van der Waals surface area contributed by atoms with Gasteiger partial charge in [0.15, 0.2) is 9.84 Å². The van der Waals surface area contributed by atoms with Gasteiger partial charge in [-0.3, -0.25) is 0 Å². The predicted molar refractivity (Wildman–Crippen MR) is 146 cm³/mol. The number of hydrazine groups is 1. The number of pyridine rings is 1. The SMILES string of the molecule is C[C@@H]1CN(N2CCN(c3ccnc4[nH]c5ccc(CS(=O)(=O)c6ccccc6)cc5c34)CC2)C[C@H](C)O1. The van der Waals surface area contributed by atoms with Gasteiger partial charge in [0, 0.05) is 61.8 Å². The van der Waals surface area contributed by atoms with E-state index in [-0.39, 0.29) is 18.0 Å². The molecule has 0 amide bonds. The third-order valence-electron chi connectivity index (χ3n) is 7.39. The molecular weight excluding hydrogens is 486 g/mol. The maximum atomic E-state index is 13.0. The second-order valence-electron chi connectivity index (χ2n) is 10.2. The second kappa shape index (κ2) is 9.72. The summed E-state index contributed by atoms with van der Waals surface area (Å²) in [5.74, 6) is -0.0374. The molecule has 0 saturated carbocycles. The van der Waals surface area contributed by atoms with E-state index in [1.165, 1.54) is 0 Å². The minimum absolute atomic E-state index is 0.0374. The first-order valence-corrected chi connectivity index (χ1v) is 14.6. The zero-order valence-electron chi connectivity index (χ0n) is 21.3. The van der Waals surface area contributed by atoms with E-state index in [1.807, 2.05) is 30.5 Å². The first-order chi connectivity index (χ1) is 17.9. The highest BCUT2D eigenvalue weighted by molar-refractivity contribution is 7.90. The van der Waals surface area contributed by atoms with Crippen LogP contribution < -0.4 is 4.90 Å². The van der Waals surface area contributed by atoms with Crippen molar-refractivity contribution in [1.29, 1.82) is 0 Å². The number of ether oxygens (including phenoxy) is 1. The molecule has 2 fully saturated rings. The highest BCUT2D eigenvalue weighted by atomic mass is 32.2. The monoisotopic (exact) mass is 519 g/mol. The van der Waals surface area contributed by atoms with Crippen molar-refractivity contribution >= 4 is 37.5 Å². The maximum absolute atomic E-state index is 13.0. The molecule has 4 aromatic rings. The van der Waals surface area contributed by atoms with Gasteiger partial charge in [-0.1, -0.05) is 24.3 Å². The van der Waals surface area contributed by atoms with Crippen molar-refractivity contribution in [1.82, 2.24) is 20.0 Å². The Balaban J connectivity index is 1.27. The Morgan fingerprint density at radius 3 is 2.41 bits per heavy atom. The number of fused-ring (bicyclic) bond motifs is 3. The van der Waals surface area contributed by atoms with Gasteiger partial charge in [-0.25, -0.2) is 23.4 Å². The van der Waals surface area contributed by atoms with E-state index in [2.05, 4.69) is 44.8 Å². The van der Waals surface area contributed by atoms with Gasteiger partial charge in [-0.05, 0) is 49.7 Å². The summed E-state index contributed by atoms with van der Waals surface area (Å²) in [6.45, 7) is 9.87. The Morgan fingerprint density at radius 2 is 1.68 bits per heavy atom. The summed E-state index contributed by atoms with van der Waals surface area (Å²) in [5, 5.41) is 6.98. The van der Waals surface area contributed by atoms with E-state index in [0.29, 0.717) is 4.90 Å². The Hall–Kier alpha value is -2.98. The molecule has 0 spiro atoms. The number of sulfone groups is 1. The highest BCUT2D eigenvalue weighted by Crippen LogP contribution is 2.34. The summed E-state index contributed by atoms with van der Waals surface area (Å²) >= 11 is 0. The van der Waals surface area contributed by atoms with Crippen molar-refractivity contribution in [3.63, 3.8) is 0 Å². The molecule has 8 nitrogen and oxygen atoms in total. The fraction of sp³-hybridized carbons (Fsp3) is 0.393. The number of aromatic nitrogens is 2. The number of nitrogens with zero attached hydrogens (tertiary/aromatic N) is 4. The molecule has 1 N–H and O–H groups in total. The van der Waals surface area contributed by atoms with Gasteiger partial charge in [-0.2, -0.15) is 0 Å². The van der Waals surface area contributed by atoms with E-state index in [0.717, 1.165) is 72.5 Å². The summed E-state index contributed by atoms with van der Waals surface area (Å²) in [7, 11) is -3.43. The minimum Gasteiger partial charge on any atom is -0.373 e. The van der Waals surface area contributed by atoms with Crippen molar-refractivity contribution in [2.75, 3.05) is 44.2 Å². The number of nitrogens with one attached hydrogen (secondary N) is 1. The Bertz CT molecular complexity index is 1500. The maximum Gasteiger partial charge on any atom is 0.182 e. The zero-order chi connectivity index (χ0) is 25.6. The average Bonchev–Trinajstić information content (AvgIpc) is 3.27. The fourth-order valence-electron chi connectivity index (χ4n) is 5.73. The van der Waals surface area contributed by atoms with Crippen molar-refractivity contribution in [2.24, 2.45) is 0 Å². The number of aromatic amines is 1. The van der Waals surface area contributed by atoms with Gasteiger partial charge < -0.3 is 14.6 Å². The van der Waals surface area contributed by atoms with Crippen LogP contribution in [-0.4, -0.2) is 79.9 Å². The van der Waals surface area contributed by atoms with Gasteiger partial charge in [0.1, 0.15) is 5.65 Å². The molecule has 2 aromatic heterocycles. The van der Waals surface area contributed by atoms with E-state index in [4.69, 9.17) is 4.74 Å². The lowest BCUT2D eigenvalue weighted by Gasteiger charge is -2.46. The van der Waals surface area contributed by atoms with Crippen LogP contribution >= 0.6 is 0 Å². The van der Waals surface area contributed by atoms with Crippen molar-refractivity contribution < 1.29 is 13.2 Å². The predicted octanol–water partition coefficient (Wildman–Crippen LogP) is 3.84. The normalized spacial score (nSPS) is 22.2. The number of benzene rings is 2. The fourth-order valence-corrected chi connectivity index (χ4v) is 7.09. The average molecular weight is 520 g/mol. The smallest absolute Gasteiger partial charge is 0.182 e. The lowest BCUT2D eigenvalue weighted by atomic mass is 10.1. The van der Waals surface area contributed by atoms with Crippen molar-refractivity contribution in [3.05, 3.63) is 66.4 Å². The molecule has 37 heavy (non-hydrogen) atoms. The number of morpholine rings is 1. The minimum atomic E-state index is -3.43. The molecule has 2 saturated heterocycles. The van der Waals surface area contributed by atoms with Crippen LogP contribution in [0.3, 0.4) is 0 Å². The molecule has 0 unspecified atom stereocenters. The van der Waals surface area contributed by atoms with Gasteiger partial charge in [0.25, 0.3) is 0 Å². The number of rotatable bonds is 5. The van der Waals surface area contributed by atoms with Gasteiger partial charge in [0.05, 0.1) is 28.5 Å². The molecule has 6 rings (SSSR count). The van der Waals surface area contributed by atoms with E-state index in [9.17, 15) is 8.42 Å². The lowest BCUT2D eigenvalue weighted by Crippen LogP contribution is -2.59. The molecule has 194 valence electrons. The summed E-state index contributed by atoms with van der Waals surface area (Å²) in [6.07, 6.45) is 2.34. The Labute approximate surface area is 217 Å². The lowest BCUT2D eigenvalue weighted by molar-refractivity contribution is -0.147. The highest BCUT2D eigenvalue weighted by Gasteiger charge is 2.29. The molecule has 2 atom stereocenters. The number of piperazine rings is 1. The molecule has 2 aromatic carbocycles. The largest absolute Gasteiger partial charge is 0.373 e. The van der Waals surface area contributed by atoms with Crippen LogP contribution in [0.5, 0.6) is 0 Å². The molecule has 2 aliphatic rings. The van der Waals surface area contributed by atoms with Crippen LogP contribution in [-0.2, 0) is 20.3 Å². The third kappa shape index (κ3) is 4.84. The van der Waals surface area contributed by atoms with Crippen LogP contribution in [0.15, 0.2) is 65.7 Å². The van der Waals surface area contributed by atoms with Crippen molar-refractivity contribution in [3.8, 4) is 0 Å². The van der Waals surface area contributed by atoms with Crippen LogP contribution in [0, 0.1) is 0 Å².